The first-order valence-electron chi connectivity index (χ1n) is 12.2. The summed E-state index contributed by atoms with van der Waals surface area (Å²) in [6, 6.07) is 8.68. The molecule has 0 bridgehead atoms. The van der Waals surface area contributed by atoms with Crippen LogP contribution in [0, 0.1) is 0 Å². The number of carbonyl (C=O) groups is 3. The molecule has 2 atom stereocenters. The highest BCUT2D eigenvalue weighted by atomic mass is 16.5. The van der Waals surface area contributed by atoms with E-state index in [2.05, 4.69) is 5.32 Å². The summed E-state index contributed by atoms with van der Waals surface area (Å²) in [4.78, 5) is 40.3. The molecule has 2 unspecified atom stereocenters. The molecule has 0 spiro atoms. The first kappa shape index (κ1) is 25.7. The van der Waals surface area contributed by atoms with Crippen LogP contribution in [0.1, 0.15) is 45.9 Å². The zero-order valence-electron chi connectivity index (χ0n) is 20.3. The minimum absolute atomic E-state index is 0.173. The van der Waals surface area contributed by atoms with Crippen molar-refractivity contribution in [3.05, 3.63) is 58.7 Å². The number of hydrogen-bond acceptors (Lipinski definition) is 6. The minimum atomic E-state index is -1.27. The maximum atomic E-state index is 13.1. The summed E-state index contributed by atoms with van der Waals surface area (Å²) < 4.78 is 11.4. The zero-order valence-corrected chi connectivity index (χ0v) is 20.3. The van der Waals surface area contributed by atoms with E-state index >= 15 is 0 Å². The van der Waals surface area contributed by atoms with Gasteiger partial charge >= 0.3 is 0 Å². The fraction of sp³-hybridized carbons (Fsp3) is 0.400. The van der Waals surface area contributed by atoms with Gasteiger partial charge in [0, 0.05) is 30.6 Å². The van der Waals surface area contributed by atoms with Crippen LogP contribution in [-0.2, 0) is 26.2 Å². The lowest BCUT2D eigenvalue weighted by Crippen LogP contribution is -2.54. The third-order valence-electron chi connectivity index (χ3n) is 7.16. The first-order valence-corrected chi connectivity index (χ1v) is 12.2. The van der Waals surface area contributed by atoms with E-state index in [1.54, 1.807) is 36.4 Å². The lowest BCUT2D eigenvalue weighted by molar-refractivity contribution is -0.136. The van der Waals surface area contributed by atoms with Gasteiger partial charge in [0.05, 0.1) is 41.5 Å². The number of benzene rings is 2. The predicted octanol–water partition coefficient (Wildman–Crippen LogP) is -0.733. The number of fused-ring (bicyclic) bond motifs is 1. The zero-order chi connectivity index (χ0) is 26.3. The highest BCUT2D eigenvalue weighted by Gasteiger charge is 2.40. The number of rotatable bonds is 6. The second-order valence-electron chi connectivity index (χ2n) is 9.49. The Balaban J connectivity index is 1.33. The van der Waals surface area contributed by atoms with Crippen LogP contribution in [0.3, 0.4) is 0 Å². The van der Waals surface area contributed by atoms with Crippen molar-refractivity contribution in [2.24, 2.45) is 0 Å². The summed E-state index contributed by atoms with van der Waals surface area (Å²) in [6.45, 7) is 2.43. The molecule has 8 radical (unpaired) electrons. The molecule has 2 fully saturated rings. The van der Waals surface area contributed by atoms with Crippen LogP contribution in [0.15, 0.2) is 36.4 Å². The van der Waals surface area contributed by atoms with Crippen LogP contribution in [0.5, 0.6) is 5.75 Å². The number of piperidine rings is 1. The Morgan fingerprint density at radius 3 is 2.57 bits per heavy atom. The first-order chi connectivity index (χ1) is 17.7. The quantitative estimate of drug-likeness (QED) is 0.426. The maximum Gasteiger partial charge on any atom is 0.255 e. The molecule has 37 heavy (non-hydrogen) atoms. The molecular weight excluding hydrogens is 466 g/mol. The van der Waals surface area contributed by atoms with Crippen LogP contribution in [-0.4, -0.2) is 91.3 Å². The normalized spacial score (nSPS) is 21.5. The largest absolute Gasteiger partial charge is 0.496 e. The molecule has 1 N–H and O–H groups in total. The second kappa shape index (κ2) is 10.1. The van der Waals surface area contributed by atoms with Crippen LogP contribution in [0.25, 0.3) is 0 Å². The standard InChI is InChI=1S/C25H23B4N3O5/c26-18-12-14(4-5-17(18)25(28,29)31-8-10-36-11-9-31)22(27)37-20-3-1-2-15-16(20)13-32(24(15)35)19-6-7-21(33)30-23(19)34/h1-5,12,19,22H,6-11,13H2,(H,30,33,34). The highest BCUT2D eigenvalue weighted by molar-refractivity contribution is 6.43. The highest BCUT2D eigenvalue weighted by Crippen LogP contribution is 2.35. The molecule has 5 rings (SSSR count). The summed E-state index contributed by atoms with van der Waals surface area (Å²) in [7, 11) is 25.6. The predicted molar refractivity (Wildman–Crippen MR) is 139 cm³/mol. The lowest BCUT2D eigenvalue weighted by Gasteiger charge is -2.43. The van der Waals surface area contributed by atoms with E-state index in [0.717, 1.165) is 0 Å². The summed E-state index contributed by atoms with van der Waals surface area (Å²) in [6.07, 6.45) is 0.459. The molecule has 0 saturated carbocycles. The van der Waals surface area contributed by atoms with E-state index in [-0.39, 0.29) is 31.2 Å². The number of nitrogens with one attached hydrogen (secondary N) is 1. The average Bonchev–Trinajstić information content (AvgIpc) is 3.21. The number of amides is 3. The molecule has 3 heterocycles. The van der Waals surface area contributed by atoms with Crippen LogP contribution in [0.2, 0.25) is 0 Å². The fourth-order valence-electron chi connectivity index (χ4n) is 5.10. The van der Waals surface area contributed by atoms with Crippen LogP contribution >= 0.6 is 0 Å². The minimum Gasteiger partial charge on any atom is -0.496 e. The van der Waals surface area contributed by atoms with E-state index in [1.807, 2.05) is 4.90 Å². The van der Waals surface area contributed by atoms with Crippen LogP contribution in [0.4, 0.5) is 0 Å². The van der Waals surface area contributed by atoms with Gasteiger partial charge in [-0.05, 0) is 29.5 Å². The molecule has 2 saturated heterocycles. The molecule has 2 aromatic carbocycles. The van der Waals surface area contributed by atoms with Gasteiger partial charge in [-0.1, -0.05) is 35.3 Å². The molecule has 3 amide bonds. The number of morpholine rings is 1. The van der Waals surface area contributed by atoms with Gasteiger partial charge in [0.25, 0.3) is 5.91 Å². The third kappa shape index (κ3) is 4.84. The van der Waals surface area contributed by atoms with Gasteiger partial charge in [0.2, 0.25) is 11.8 Å². The van der Waals surface area contributed by atoms with E-state index in [9.17, 15) is 14.4 Å². The third-order valence-corrected chi connectivity index (χ3v) is 7.16. The molecule has 0 aliphatic carbocycles. The Labute approximate surface area is 221 Å². The van der Waals surface area contributed by atoms with Crippen molar-refractivity contribution in [3.63, 3.8) is 0 Å². The summed E-state index contributed by atoms with van der Waals surface area (Å²) in [5.41, 5.74) is 2.61. The smallest absolute Gasteiger partial charge is 0.255 e. The number of nitrogens with zero attached hydrogens (tertiary/aromatic N) is 2. The molecule has 2 aromatic rings. The average molecular weight is 489 g/mol. The molecule has 8 nitrogen and oxygen atoms in total. The monoisotopic (exact) mass is 489 g/mol. The number of carbonyl (C=O) groups excluding carboxylic acids is 3. The molecule has 12 heteroatoms. The second-order valence-corrected chi connectivity index (χ2v) is 9.49. The van der Waals surface area contributed by atoms with Crippen molar-refractivity contribution in [1.29, 1.82) is 0 Å². The lowest BCUT2D eigenvalue weighted by atomic mass is 9.54. The Kier molecular flexibility index (Phi) is 6.98. The van der Waals surface area contributed by atoms with E-state index in [4.69, 9.17) is 40.9 Å². The molecule has 3 aliphatic rings. The van der Waals surface area contributed by atoms with Crippen molar-refractivity contribution in [1.82, 2.24) is 15.1 Å². The van der Waals surface area contributed by atoms with Crippen molar-refractivity contribution < 1.29 is 23.9 Å². The van der Waals surface area contributed by atoms with Crippen molar-refractivity contribution >= 4 is 54.6 Å². The van der Waals surface area contributed by atoms with Crippen molar-refractivity contribution in [2.45, 2.75) is 36.8 Å². The Morgan fingerprint density at radius 2 is 1.86 bits per heavy atom. The van der Waals surface area contributed by atoms with E-state index < -0.39 is 23.3 Å². The Bertz CT molecular complexity index is 1250. The fourth-order valence-corrected chi connectivity index (χ4v) is 5.10. The summed E-state index contributed by atoms with van der Waals surface area (Å²) >= 11 is 0. The summed E-state index contributed by atoms with van der Waals surface area (Å²) in [5, 5.41) is 1.03. The van der Waals surface area contributed by atoms with Gasteiger partial charge < -0.3 is 19.3 Å². The van der Waals surface area contributed by atoms with E-state index in [1.165, 1.54) is 4.90 Å². The van der Waals surface area contributed by atoms with Gasteiger partial charge in [-0.25, -0.2) is 0 Å². The van der Waals surface area contributed by atoms with Gasteiger partial charge in [0.15, 0.2) is 0 Å². The number of hydrogen-bond donors (Lipinski definition) is 1. The van der Waals surface area contributed by atoms with E-state index in [0.29, 0.717) is 59.8 Å². The van der Waals surface area contributed by atoms with Gasteiger partial charge in [-0.15, -0.1) is 0 Å². The van der Waals surface area contributed by atoms with Gasteiger partial charge in [-0.3, -0.25) is 19.7 Å². The summed E-state index contributed by atoms with van der Waals surface area (Å²) in [5.74, 6) is -0.671. The molecular formula is C25H23B4N3O5. The molecule has 3 aliphatic heterocycles. The maximum absolute atomic E-state index is 13.1. The van der Waals surface area contributed by atoms with Crippen LogP contribution < -0.4 is 15.5 Å². The molecule has 180 valence electrons. The number of imide groups is 1. The SMILES string of the molecule is [B]c1cc(C([B])Oc2cccc3c2CN(C2CCC(=O)NC2=O)C3=O)ccc1C([B])([B])N1CCOCC1. The topological polar surface area (TPSA) is 88.2 Å². The van der Waals surface area contributed by atoms with Crippen molar-refractivity contribution in [3.8, 4) is 5.75 Å². The van der Waals surface area contributed by atoms with Gasteiger partial charge in [-0.2, -0.15) is 0 Å². The Morgan fingerprint density at radius 1 is 1.11 bits per heavy atom. The Hall–Kier alpha value is -2.97. The van der Waals surface area contributed by atoms with Crippen molar-refractivity contribution in [2.75, 3.05) is 26.3 Å². The van der Waals surface area contributed by atoms with Gasteiger partial charge in [0.1, 0.15) is 27.5 Å². The number of ether oxygens (including phenoxy) is 2. The molecule has 0 aromatic heterocycles.